The molecule has 0 unspecified atom stereocenters. The first-order valence-electron chi connectivity index (χ1n) is 5.16. The van der Waals surface area contributed by atoms with E-state index in [2.05, 4.69) is 5.32 Å². The molecule has 0 aliphatic heterocycles. The zero-order valence-corrected chi connectivity index (χ0v) is 10.3. The van der Waals surface area contributed by atoms with Crippen molar-refractivity contribution < 1.29 is 18.3 Å². The van der Waals surface area contributed by atoms with Crippen LogP contribution in [0.5, 0.6) is 0 Å². The minimum Gasteiger partial charge on any atom is -0.481 e. The third kappa shape index (κ3) is 4.44. The minimum atomic E-state index is -3.27. The summed E-state index contributed by atoms with van der Waals surface area (Å²) >= 11 is 0. The quantitative estimate of drug-likeness (QED) is 0.752. The van der Waals surface area contributed by atoms with Crippen LogP contribution >= 0.6 is 0 Å². The minimum absolute atomic E-state index is 0.0635. The molecule has 2 N–H and O–H groups in total. The van der Waals surface area contributed by atoms with E-state index in [1.807, 2.05) is 0 Å². The van der Waals surface area contributed by atoms with Gasteiger partial charge in [0.05, 0.1) is 10.6 Å². The first-order valence-corrected chi connectivity index (χ1v) is 7.05. The Balaban J connectivity index is 2.68. The molecule has 0 saturated heterocycles. The number of anilines is 1. The van der Waals surface area contributed by atoms with Gasteiger partial charge in [-0.3, -0.25) is 4.79 Å². The molecule has 5 nitrogen and oxygen atoms in total. The highest BCUT2D eigenvalue weighted by Crippen LogP contribution is 2.20. The largest absolute Gasteiger partial charge is 0.481 e. The number of nitrogens with one attached hydrogen (secondary N) is 1. The Kier molecular flexibility index (Phi) is 4.51. The lowest BCUT2D eigenvalue weighted by molar-refractivity contribution is -0.137. The number of benzene rings is 1. The van der Waals surface area contributed by atoms with Crippen LogP contribution in [0.3, 0.4) is 0 Å². The van der Waals surface area contributed by atoms with Gasteiger partial charge in [0.15, 0.2) is 9.84 Å². The van der Waals surface area contributed by atoms with E-state index in [-0.39, 0.29) is 11.3 Å². The summed E-state index contributed by atoms with van der Waals surface area (Å²) in [5.74, 6) is -0.858. The topological polar surface area (TPSA) is 83.5 Å². The third-order valence-corrected chi connectivity index (χ3v) is 3.32. The molecule has 1 rings (SSSR count). The average molecular weight is 257 g/mol. The Morgan fingerprint density at radius 3 is 2.59 bits per heavy atom. The fraction of sp³-hybridized carbons (Fsp3) is 0.364. The van der Waals surface area contributed by atoms with Crippen molar-refractivity contribution in [1.82, 2.24) is 0 Å². The van der Waals surface area contributed by atoms with Crippen molar-refractivity contribution in [2.45, 2.75) is 17.7 Å². The van der Waals surface area contributed by atoms with Gasteiger partial charge in [-0.15, -0.1) is 0 Å². The van der Waals surface area contributed by atoms with Crippen LogP contribution in [-0.2, 0) is 14.6 Å². The summed E-state index contributed by atoms with van der Waals surface area (Å²) in [5.41, 5.74) is 0.514. The maximum Gasteiger partial charge on any atom is 0.303 e. The highest BCUT2D eigenvalue weighted by atomic mass is 32.2. The zero-order chi connectivity index (χ0) is 12.9. The van der Waals surface area contributed by atoms with Gasteiger partial charge in [0.2, 0.25) is 0 Å². The predicted molar refractivity (Wildman–Crippen MR) is 64.9 cm³/mol. The lowest BCUT2D eigenvalue weighted by atomic mass is 10.3. The average Bonchev–Trinajstić information content (AvgIpc) is 2.23. The van der Waals surface area contributed by atoms with Crippen LogP contribution in [0.15, 0.2) is 29.2 Å². The second kappa shape index (κ2) is 5.67. The van der Waals surface area contributed by atoms with E-state index in [1.54, 1.807) is 18.2 Å². The molecule has 6 heteroatoms. The van der Waals surface area contributed by atoms with Crippen molar-refractivity contribution in [1.29, 1.82) is 0 Å². The molecule has 0 radical (unpaired) electrons. The molecular weight excluding hydrogens is 242 g/mol. The standard InChI is InChI=1S/C11H15NO4S/c1-17(15,16)10-6-3-2-5-9(10)12-8-4-7-11(13)14/h2-3,5-6,12H,4,7-8H2,1H3,(H,13,14). The van der Waals surface area contributed by atoms with Crippen molar-refractivity contribution in [3.8, 4) is 0 Å². The first-order chi connectivity index (χ1) is 7.91. The molecule has 1 aromatic rings. The van der Waals surface area contributed by atoms with Crippen LogP contribution in [0.25, 0.3) is 0 Å². The molecule has 0 aliphatic carbocycles. The lowest BCUT2D eigenvalue weighted by Gasteiger charge is -2.09. The van der Waals surface area contributed by atoms with Gasteiger partial charge in [-0.25, -0.2) is 8.42 Å². The van der Waals surface area contributed by atoms with Gasteiger partial charge in [0.1, 0.15) is 0 Å². The highest BCUT2D eigenvalue weighted by Gasteiger charge is 2.11. The van der Waals surface area contributed by atoms with Gasteiger partial charge >= 0.3 is 5.97 Å². The number of hydrogen-bond acceptors (Lipinski definition) is 4. The Labute approximate surface area is 100 Å². The molecule has 0 aliphatic rings. The smallest absolute Gasteiger partial charge is 0.303 e. The summed E-state index contributed by atoms with van der Waals surface area (Å²) in [6.45, 7) is 0.429. The van der Waals surface area contributed by atoms with Gasteiger partial charge in [-0.05, 0) is 18.6 Å². The number of rotatable bonds is 6. The van der Waals surface area contributed by atoms with Crippen molar-refractivity contribution in [3.63, 3.8) is 0 Å². The molecule has 1 aromatic carbocycles. The van der Waals surface area contributed by atoms with Crippen molar-refractivity contribution in [2.75, 3.05) is 18.1 Å². The van der Waals surface area contributed by atoms with Crippen LogP contribution in [0.4, 0.5) is 5.69 Å². The number of carboxylic acid groups (broad SMARTS) is 1. The van der Waals surface area contributed by atoms with Crippen molar-refractivity contribution in [2.24, 2.45) is 0 Å². The molecule has 0 aromatic heterocycles. The molecule has 0 amide bonds. The highest BCUT2D eigenvalue weighted by molar-refractivity contribution is 7.90. The summed E-state index contributed by atoms with van der Waals surface area (Å²) in [5, 5.41) is 11.4. The normalized spacial score (nSPS) is 11.1. The fourth-order valence-corrected chi connectivity index (χ4v) is 2.26. The summed E-state index contributed by atoms with van der Waals surface area (Å²) in [6, 6.07) is 6.57. The van der Waals surface area contributed by atoms with E-state index in [1.165, 1.54) is 6.07 Å². The van der Waals surface area contributed by atoms with Gasteiger partial charge in [0, 0.05) is 19.2 Å². The van der Waals surface area contributed by atoms with Gasteiger partial charge < -0.3 is 10.4 Å². The molecule has 0 spiro atoms. The van der Waals surface area contributed by atoms with Crippen molar-refractivity contribution in [3.05, 3.63) is 24.3 Å². The van der Waals surface area contributed by atoms with Crippen LogP contribution in [-0.4, -0.2) is 32.3 Å². The van der Waals surface area contributed by atoms with Crippen LogP contribution in [0.2, 0.25) is 0 Å². The molecule has 0 atom stereocenters. The van der Waals surface area contributed by atoms with Crippen LogP contribution in [0, 0.1) is 0 Å². The second-order valence-corrected chi connectivity index (χ2v) is 5.68. The molecule has 17 heavy (non-hydrogen) atoms. The third-order valence-electron chi connectivity index (χ3n) is 2.17. The molecule has 0 saturated carbocycles. The fourth-order valence-electron chi connectivity index (χ4n) is 1.40. The molecule has 94 valence electrons. The van der Waals surface area contributed by atoms with Gasteiger partial charge in [-0.1, -0.05) is 12.1 Å². The number of sulfone groups is 1. The van der Waals surface area contributed by atoms with Crippen LogP contribution < -0.4 is 5.32 Å². The van der Waals surface area contributed by atoms with Crippen molar-refractivity contribution >= 4 is 21.5 Å². The molecule has 0 bridgehead atoms. The van der Waals surface area contributed by atoms with E-state index in [0.29, 0.717) is 18.7 Å². The molecule has 0 heterocycles. The molecular formula is C11H15NO4S. The SMILES string of the molecule is CS(=O)(=O)c1ccccc1NCCCC(=O)O. The van der Waals surface area contributed by atoms with E-state index >= 15 is 0 Å². The van der Waals surface area contributed by atoms with Gasteiger partial charge in [-0.2, -0.15) is 0 Å². The summed E-state index contributed by atoms with van der Waals surface area (Å²) < 4.78 is 22.9. The number of aliphatic carboxylic acids is 1. The Hall–Kier alpha value is -1.56. The summed E-state index contributed by atoms with van der Waals surface area (Å²) in [6.07, 6.45) is 1.66. The van der Waals surface area contributed by atoms with E-state index < -0.39 is 15.8 Å². The Bertz CT molecular complexity index is 496. The maximum atomic E-state index is 11.5. The number of para-hydroxylation sites is 1. The zero-order valence-electron chi connectivity index (χ0n) is 9.51. The first kappa shape index (κ1) is 13.5. The monoisotopic (exact) mass is 257 g/mol. The summed E-state index contributed by atoms with van der Waals surface area (Å²) in [7, 11) is -3.27. The van der Waals surface area contributed by atoms with Gasteiger partial charge in [0.25, 0.3) is 0 Å². The van der Waals surface area contributed by atoms with E-state index in [4.69, 9.17) is 5.11 Å². The number of hydrogen-bond donors (Lipinski definition) is 2. The predicted octanol–water partition coefficient (Wildman–Crippen LogP) is 1.37. The van der Waals surface area contributed by atoms with Crippen LogP contribution in [0.1, 0.15) is 12.8 Å². The lowest BCUT2D eigenvalue weighted by Crippen LogP contribution is -2.08. The van der Waals surface area contributed by atoms with E-state index in [0.717, 1.165) is 6.26 Å². The number of carboxylic acids is 1. The van der Waals surface area contributed by atoms with E-state index in [9.17, 15) is 13.2 Å². The molecule has 0 fully saturated rings. The Morgan fingerprint density at radius 2 is 2.00 bits per heavy atom. The second-order valence-electron chi connectivity index (χ2n) is 3.69. The maximum absolute atomic E-state index is 11.5. The number of carbonyl (C=O) groups is 1. The summed E-state index contributed by atoms with van der Waals surface area (Å²) in [4.78, 5) is 10.5. The Morgan fingerprint density at radius 1 is 1.35 bits per heavy atom.